The molecule has 0 spiro atoms. The van der Waals surface area contributed by atoms with Gasteiger partial charge in [-0.25, -0.2) is 0 Å². The summed E-state index contributed by atoms with van der Waals surface area (Å²) in [6, 6.07) is 14.6. The van der Waals surface area contributed by atoms with Crippen LogP contribution < -0.4 is 0 Å². The van der Waals surface area contributed by atoms with Crippen molar-refractivity contribution in [3.8, 4) is 0 Å². The first-order valence-corrected chi connectivity index (χ1v) is 8.44. The van der Waals surface area contributed by atoms with Gasteiger partial charge in [-0.2, -0.15) is 0 Å². The van der Waals surface area contributed by atoms with Gasteiger partial charge in [0.25, 0.3) is 0 Å². The van der Waals surface area contributed by atoms with Gasteiger partial charge in [0.2, 0.25) is 5.91 Å². The van der Waals surface area contributed by atoms with Crippen LogP contribution in [0.4, 0.5) is 0 Å². The van der Waals surface area contributed by atoms with Crippen molar-refractivity contribution in [3.63, 3.8) is 0 Å². The van der Waals surface area contributed by atoms with Gasteiger partial charge in [0, 0.05) is 30.9 Å². The summed E-state index contributed by atoms with van der Waals surface area (Å²) in [7, 11) is 0. The average molecular weight is 312 g/mol. The SMILES string of the molecule is CC(C)CN(Cc1cccn1Cc1ccccc1)C(=O)C(C)C. The van der Waals surface area contributed by atoms with E-state index in [9.17, 15) is 4.79 Å². The lowest BCUT2D eigenvalue weighted by Gasteiger charge is -2.27. The van der Waals surface area contributed by atoms with E-state index in [2.05, 4.69) is 61.0 Å². The summed E-state index contributed by atoms with van der Waals surface area (Å²) in [4.78, 5) is 14.5. The molecule has 0 atom stereocenters. The van der Waals surface area contributed by atoms with Crippen molar-refractivity contribution in [3.05, 3.63) is 59.9 Å². The summed E-state index contributed by atoms with van der Waals surface area (Å²) >= 11 is 0. The van der Waals surface area contributed by atoms with Crippen LogP contribution in [0.15, 0.2) is 48.7 Å². The van der Waals surface area contributed by atoms with Gasteiger partial charge >= 0.3 is 0 Å². The summed E-state index contributed by atoms with van der Waals surface area (Å²) in [6.45, 7) is 10.6. The summed E-state index contributed by atoms with van der Waals surface area (Å²) in [5.41, 5.74) is 2.46. The lowest BCUT2D eigenvalue weighted by Crippen LogP contribution is -2.37. The van der Waals surface area contributed by atoms with Crippen LogP contribution in [-0.2, 0) is 17.9 Å². The van der Waals surface area contributed by atoms with Crippen LogP contribution in [0.25, 0.3) is 0 Å². The maximum Gasteiger partial charge on any atom is 0.225 e. The van der Waals surface area contributed by atoms with Crippen molar-refractivity contribution >= 4 is 5.91 Å². The highest BCUT2D eigenvalue weighted by Gasteiger charge is 2.19. The molecule has 3 nitrogen and oxygen atoms in total. The topological polar surface area (TPSA) is 25.2 Å². The lowest BCUT2D eigenvalue weighted by atomic mass is 10.1. The van der Waals surface area contributed by atoms with E-state index in [1.807, 2.05) is 24.8 Å². The van der Waals surface area contributed by atoms with Gasteiger partial charge in [-0.15, -0.1) is 0 Å². The number of rotatable bonds is 7. The van der Waals surface area contributed by atoms with Crippen LogP contribution in [0.2, 0.25) is 0 Å². The van der Waals surface area contributed by atoms with E-state index in [1.165, 1.54) is 11.3 Å². The van der Waals surface area contributed by atoms with E-state index in [4.69, 9.17) is 0 Å². The summed E-state index contributed by atoms with van der Waals surface area (Å²) in [6.07, 6.45) is 2.09. The number of carbonyl (C=O) groups is 1. The van der Waals surface area contributed by atoms with Crippen molar-refractivity contribution in [1.82, 2.24) is 9.47 Å². The largest absolute Gasteiger partial charge is 0.345 e. The predicted octanol–water partition coefficient (Wildman–Crippen LogP) is 4.18. The second kappa shape index (κ2) is 8.00. The molecule has 0 saturated heterocycles. The molecule has 0 aliphatic rings. The van der Waals surface area contributed by atoms with Crippen molar-refractivity contribution in [2.75, 3.05) is 6.54 Å². The quantitative estimate of drug-likeness (QED) is 0.753. The fraction of sp³-hybridized carbons (Fsp3) is 0.450. The molecule has 0 aliphatic carbocycles. The molecule has 0 N–H and O–H groups in total. The molecule has 23 heavy (non-hydrogen) atoms. The maximum absolute atomic E-state index is 12.5. The predicted molar refractivity (Wildman–Crippen MR) is 95.1 cm³/mol. The van der Waals surface area contributed by atoms with E-state index in [0.29, 0.717) is 12.5 Å². The van der Waals surface area contributed by atoms with Crippen LogP contribution in [0.3, 0.4) is 0 Å². The van der Waals surface area contributed by atoms with E-state index in [1.54, 1.807) is 0 Å². The second-order valence-corrected chi connectivity index (χ2v) is 6.88. The zero-order chi connectivity index (χ0) is 16.8. The van der Waals surface area contributed by atoms with Gasteiger partial charge < -0.3 is 9.47 Å². The van der Waals surface area contributed by atoms with Crippen LogP contribution in [0.5, 0.6) is 0 Å². The second-order valence-electron chi connectivity index (χ2n) is 6.88. The van der Waals surface area contributed by atoms with Gasteiger partial charge in [-0.3, -0.25) is 4.79 Å². The first-order valence-electron chi connectivity index (χ1n) is 8.44. The molecule has 0 saturated carbocycles. The Bertz CT molecular complexity index is 614. The Balaban J connectivity index is 2.14. The highest BCUT2D eigenvalue weighted by atomic mass is 16.2. The van der Waals surface area contributed by atoms with Crippen LogP contribution in [0, 0.1) is 11.8 Å². The Morgan fingerprint density at radius 1 is 1.04 bits per heavy atom. The van der Waals surface area contributed by atoms with Gasteiger partial charge in [0.15, 0.2) is 0 Å². The lowest BCUT2D eigenvalue weighted by molar-refractivity contribution is -0.135. The minimum Gasteiger partial charge on any atom is -0.345 e. The molecule has 0 radical (unpaired) electrons. The molecule has 1 heterocycles. The summed E-state index contributed by atoms with van der Waals surface area (Å²) in [5, 5.41) is 0. The van der Waals surface area contributed by atoms with Crippen LogP contribution in [0.1, 0.15) is 39.0 Å². The highest BCUT2D eigenvalue weighted by Crippen LogP contribution is 2.14. The minimum absolute atomic E-state index is 0.0336. The van der Waals surface area contributed by atoms with Crippen molar-refractivity contribution in [2.45, 2.75) is 40.8 Å². The minimum atomic E-state index is 0.0336. The monoisotopic (exact) mass is 312 g/mol. The number of amides is 1. The number of benzene rings is 1. The van der Waals surface area contributed by atoms with Crippen LogP contribution in [-0.4, -0.2) is 21.9 Å². The highest BCUT2D eigenvalue weighted by molar-refractivity contribution is 5.78. The zero-order valence-corrected chi connectivity index (χ0v) is 14.7. The third kappa shape index (κ3) is 4.98. The van der Waals surface area contributed by atoms with Gasteiger partial charge in [-0.05, 0) is 23.6 Å². The summed E-state index contributed by atoms with van der Waals surface area (Å²) < 4.78 is 2.23. The first kappa shape index (κ1) is 17.3. The molecule has 1 aromatic heterocycles. The molecular weight excluding hydrogens is 284 g/mol. The van der Waals surface area contributed by atoms with E-state index in [0.717, 1.165) is 13.1 Å². The Hall–Kier alpha value is -2.03. The maximum atomic E-state index is 12.5. The van der Waals surface area contributed by atoms with E-state index >= 15 is 0 Å². The molecule has 0 unspecified atom stereocenters. The summed E-state index contributed by atoms with van der Waals surface area (Å²) in [5.74, 6) is 0.729. The molecule has 0 aliphatic heterocycles. The molecule has 1 amide bonds. The molecule has 2 aromatic rings. The number of nitrogens with zero attached hydrogens (tertiary/aromatic N) is 2. The molecule has 124 valence electrons. The zero-order valence-electron chi connectivity index (χ0n) is 14.7. The Kier molecular flexibility index (Phi) is 6.03. The standard InChI is InChI=1S/C20H28N2O/c1-16(2)13-22(20(23)17(3)4)15-19-11-8-12-21(19)14-18-9-6-5-7-10-18/h5-12,16-17H,13-15H2,1-4H3. The molecule has 3 heteroatoms. The van der Waals surface area contributed by atoms with Crippen molar-refractivity contribution in [2.24, 2.45) is 11.8 Å². The molecule has 0 bridgehead atoms. The molecule has 0 fully saturated rings. The third-order valence-electron chi connectivity index (χ3n) is 3.86. The number of aromatic nitrogens is 1. The third-order valence-corrected chi connectivity index (χ3v) is 3.86. The smallest absolute Gasteiger partial charge is 0.225 e. The number of carbonyl (C=O) groups excluding carboxylic acids is 1. The molecular formula is C20H28N2O. The fourth-order valence-corrected chi connectivity index (χ4v) is 2.76. The fourth-order valence-electron chi connectivity index (χ4n) is 2.76. The van der Waals surface area contributed by atoms with Crippen molar-refractivity contribution in [1.29, 1.82) is 0 Å². The molecule has 2 rings (SSSR count). The van der Waals surface area contributed by atoms with Gasteiger partial charge in [0.05, 0.1) is 6.54 Å². The Morgan fingerprint density at radius 2 is 1.74 bits per heavy atom. The Labute approximate surface area is 139 Å². The Morgan fingerprint density at radius 3 is 2.35 bits per heavy atom. The molecule has 1 aromatic carbocycles. The van der Waals surface area contributed by atoms with Gasteiger partial charge in [0.1, 0.15) is 0 Å². The normalized spacial score (nSPS) is 11.2. The first-order chi connectivity index (χ1) is 11.0. The number of hydrogen-bond donors (Lipinski definition) is 0. The average Bonchev–Trinajstić information content (AvgIpc) is 2.93. The van der Waals surface area contributed by atoms with Crippen LogP contribution >= 0.6 is 0 Å². The van der Waals surface area contributed by atoms with E-state index in [-0.39, 0.29) is 11.8 Å². The number of hydrogen-bond acceptors (Lipinski definition) is 1. The van der Waals surface area contributed by atoms with E-state index < -0.39 is 0 Å². The van der Waals surface area contributed by atoms with Gasteiger partial charge in [-0.1, -0.05) is 58.0 Å². The van der Waals surface area contributed by atoms with Crippen molar-refractivity contribution < 1.29 is 4.79 Å².